The molecular formula is C12H16N4O2. The van der Waals surface area contributed by atoms with Crippen LogP contribution in [0, 0.1) is 6.92 Å². The topological polar surface area (TPSA) is 88.3 Å². The minimum Gasteiger partial charge on any atom is -0.384 e. The molecule has 6 heteroatoms. The molecule has 0 saturated carbocycles. The van der Waals surface area contributed by atoms with Gasteiger partial charge < -0.3 is 16.0 Å². The van der Waals surface area contributed by atoms with Gasteiger partial charge in [-0.15, -0.1) is 0 Å². The maximum absolute atomic E-state index is 12.3. The minimum absolute atomic E-state index is 0.131. The first-order valence-corrected chi connectivity index (χ1v) is 5.82. The van der Waals surface area contributed by atoms with Crippen LogP contribution >= 0.6 is 0 Å². The van der Waals surface area contributed by atoms with Crippen LogP contribution in [0.2, 0.25) is 0 Å². The number of rotatable bonds is 1. The lowest BCUT2D eigenvalue weighted by atomic mass is 10.1. The average molecular weight is 248 g/mol. The molecule has 1 aromatic rings. The van der Waals surface area contributed by atoms with Gasteiger partial charge in [0.15, 0.2) is 0 Å². The second-order valence-corrected chi connectivity index (χ2v) is 4.39. The Morgan fingerprint density at radius 1 is 1.56 bits per heavy atom. The lowest BCUT2D eigenvalue weighted by Crippen LogP contribution is -2.55. The molecule has 3 N–H and O–H groups in total. The third-order valence-corrected chi connectivity index (χ3v) is 2.98. The van der Waals surface area contributed by atoms with E-state index in [1.165, 1.54) is 6.07 Å². The van der Waals surface area contributed by atoms with E-state index in [4.69, 9.17) is 5.73 Å². The summed E-state index contributed by atoms with van der Waals surface area (Å²) in [4.78, 5) is 29.4. The monoisotopic (exact) mass is 248 g/mol. The Bertz CT molecular complexity index is 481. The molecule has 1 atom stereocenters. The van der Waals surface area contributed by atoms with E-state index < -0.39 is 6.04 Å². The molecular weight excluding hydrogens is 232 g/mol. The largest absolute Gasteiger partial charge is 0.384 e. The van der Waals surface area contributed by atoms with Gasteiger partial charge in [-0.25, -0.2) is 4.98 Å². The number of carbonyl (C=O) groups is 2. The van der Waals surface area contributed by atoms with E-state index >= 15 is 0 Å². The number of nitrogens with zero attached hydrogens (tertiary/aromatic N) is 2. The lowest BCUT2D eigenvalue weighted by Gasteiger charge is -2.32. The Labute approximate surface area is 105 Å². The highest BCUT2D eigenvalue weighted by molar-refractivity contribution is 5.98. The number of pyridine rings is 1. The molecule has 18 heavy (non-hydrogen) atoms. The van der Waals surface area contributed by atoms with E-state index in [-0.39, 0.29) is 11.8 Å². The van der Waals surface area contributed by atoms with E-state index in [2.05, 4.69) is 10.3 Å². The van der Waals surface area contributed by atoms with Crippen molar-refractivity contribution < 1.29 is 9.59 Å². The van der Waals surface area contributed by atoms with Gasteiger partial charge in [0.05, 0.1) is 0 Å². The highest BCUT2D eigenvalue weighted by atomic mass is 16.2. The lowest BCUT2D eigenvalue weighted by molar-refractivity contribution is -0.127. The van der Waals surface area contributed by atoms with Gasteiger partial charge in [-0.3, -0.25) is 9.59 Å². The van der Waals surface area contributed by atoms with Crippen LogP contribution in [0.1, 0.15) is 23.0 Å². The van der Waals surface area contributed by atoms with Crippen LogP contribution in [0.15, 0.2) is 12.1 Å². The van der Waals surface area contributed by atoms with Gasteiger partial charge in [0.2, 0.25) is 5.91 Å². The Hall–Kier alpha value is -2.11. The Morgan fingerprint density at radius 3 is 2.94 bits per heavy atom. The summed E-state index contributed by atoms with van der Waals surface area (Å²) in [5.74, 6) is -0.00429. The first kappa shape index (κ1) is 12.3. The van der Waals surface area contributed by atoms with Gasteiger partial charge in [-0.05, 0) is 26.0 Å². The molecule has 2 amide bonds. The predicted molar refractivity (Wildman–Crippen MR) is 66.9 cm³/mol. The van der Waals surface area contributed by atoms with E-state index in [9.17, 15) is 9.59 Å². The summed E-state index contributed by atoms with van der Waals surface area (Å²) in [6.07, 6.45) is 0. The second-order valence-electron chi connectivity index (χ2n) is 4.39. The van der Waals surface area contributed by atoms with Crippen LogP contribution < -0.4 is 11.1 Å². The molecule has 1 saturated heterocycles. The summed E-state index contributed by atoms with van der Waals surface area (Å²) in [5.41, 5.74) is 6.79. The number of hydrogen-bond donors (Lipinski definition) is 2. The average Bonchev–Trinajstić information content (AvgIpc) is 2.30. The number of nitrogens with one attached hydrogen (secondary N) is 1. The number of nitrogens with two attached hydrogens (primary N) is 1. The third kappa shape index (κ3) is 2.27. The van der Waals surface area contributed by atoms with Crippen molar-refractivity contribution in [2.75, 3.05) is 18.8 Å². The van der Waals surface area contributed by atoms with Crippen molar-refractivity contribution >= 4 is 17.6 Å². The molecule has 0 aliphatic carbocycles. The molecule has 0 aromatic carbocycles. The van der Waals surface area contributed by atoms with Crippen LogP contribution in [0.4, 0.5) is 5.82 Å². The van der Waals surface area contributed by atoms with Gasteiger partial charge in [0.25, 0.3) is 5.91 Å². The molecule has 1 fully saturated rings. The molecule has 0 spiro atoms. The van der Waals surface area contributed by atoms with Crippen molar-refractivity contribution in [2.24, 2.45) is 0 Å². The fourth-order valence-corrected chi connectivity index (χ4v) is 2.04. The van der Waals surface area contributed by atoms with E-state index in [1.54, 1.807) is 24.8 Å². The molecule has 0 bridgehead atoms. The van der Waals surface area contributed by atoms with Gasteiger partial charge in [-0.2, -0.15) is 0 Å². The van der Waals surface area contributed by atoms with Crippen LogP contribution in [0.25, 0.3) is 0 Å². The van der Waals surface area contributed by atoms with Crippen LogP contribution in [-0.2, 0) is 4.79 Å². The summed E-state index contributed by atoms with van der Waals surface area (Å²) in [7, 11) is 0. The van der Waals surface area contributed by atoms with Crippen molar-refractivity contribution in [1.29, 1.82) is 0 Å². The number of hydrogen-bond acceptors (Lipinski definition) is 4. The van der Waals surface area contributed by atoms with Crippen molar-refractivity contribution in [3.8, 4) is 0 Å². The van der Waals surface area contributed by atoms with E-state index in [0.29, 0.717) is 30.2 Å². The van der Waals surface area contributed by atoms with Crippen molar-refractivity contribution in [3.63, 3.8) is 0 Å². The quantitative estimate of drug-likeness (QED) is 0.728. The van der Waals surface area contributed by atoms with Crippen molar-refractivity contribution in [1.82, 2.24) is 15.2 Å². The van der Waals surface area contributed by atoms with Gasteiger partial charge >= 0.3 is 0 Å². The smallest absolute Gasteiger partial charge is 0.254 e. The van der Waals surface area contributed by atoms with Crippen molar-refractivity contribution in [3.05, 3.63) is 23.4 Å². The van der Waals surface area contributed by atoms with Crippen molar-refractivity contribution in [2.45, 2.75) is 19.9 Å². The Kier molecular flexibility index (Phi) is 3.18. The predicted octanol–water partition coefficient (Wildman–Crippen LogP) is -0.0673. The summed E-state index contributed by atoms with van der Waals surface area (Å²) in [6.45, 7) is 4.48. The summed E-state index contributed by atoms with van der Waals surface area (Å²) in [6, 6.07) is 2.76. The van der Waals surface area contributed by atoms with Crippen LogP contribution in [0.5, 0.6) is 0 Å². The first-order valence-electron chi connectivity index (χ1n) is 5.82. The van der Waals surface area contributed by atoms with Gasteiger partial charge in [0, 0.05) is 24.3 Å². The summed E-state index contributed by atoms with van der Waals surface area (Å²) >= 11 is 0. The molecule has 1 aliphatic rings. The van der Waals surface area contributed by atoms with Crippen LogP contribution in [0.3, 0.4) is 0 Å². The zero-order chi connectivity index (χ0) is 13.3. The number of aromatic nitrogens is 1. The summed E-state index contributed by atoms with van der Waals surface area (Å²) < 4.78 is 0. The highest BCUT2D eigenvalue weighted by Crippen LogP contribution is 2.13. The molecule has 2 heterocycles. The maximum atomic E-state index is 12.3. The number of nitrogen functional groups attached to an aromatic ring is 1. The molecule has 1 aromatic heterocycles. The Morgan fingerprint density at radius 2 is 2.28 bits per heavy atom. The normalized spacial score (nSPS) is 19.6. The molecule has 0 radical (unpaired) electrons. The first-order chi connectivity index (χ1) is 8.49. The van der Waals surface area contributed by atoms with Gasteiger partial charge in [-0.1, -0.05) is 0 Å². The number of piperazine rings is 1. The molecule has 6 nitrogen and oxygen atoms in total. The SMILES string of the molecule is Cc1cc(C(=O)N2CCNC(=O)C2C)cc(N)n1. The molecule has 1 unspecified atom stereocenters. The molecule has 1 aliphatic heterocycles. The third-order valence-electron chi connectivity index (χ3n) is 2.98. The molecule has 96 valence electrons. The zero-order valence-electron chi connectivity index (χ0n) is 10.4. The number of carbonyl (C=O) groups excluding carboxylic acids is 2. The second kappa shape index (κ2) is 4.64. The summed E-state index contributed by atoms with van der Waals surface area (Å²) in [5, 5.41) is 2.72. The maximum Gasteiger partial charge on any atom is 0.254 e. The number of anilines is 1. The fourth-order valence-electron chi connectivity index (χ4n) is 2.04. The molecule has 2 rings (SSSR count). The zero-order valence-corrected chi connectivity index (χ0v) is 10.4. The van der Waals surface area contributed by atoms with E-state index in [0.717, 1.165) is 0 Å². The standard InChI is InChI=1S/C12H16N4O2/c1-7-5-9(6-10(13)15-7)12(18)16-4-3-14-11(17)8(16)2/h5-6,8H,3-4H2,1-2H3,(H2,13,15)(H,14,17). The fraction of sp³-hybridized carbons (Fsp3) is 0.417. The Balaban J connectivity index is 2.27. The number of amides is 2. The van der Waals surface area contributed by atoms with E-state index in [1.807, 2.05) is 0 Å². The minimum atomic E-state index is -0.457. The highest BCUT2D eigenvalue weighted by Gasteiger charge is 2.30. The van der Waals surface area contributed by atoms with Gasteiger partial charge in [0.1, 0.15) is 11.9 Å². The van der Waals surface area contributed by atoms with Crippen LogP contribution in [-0.4, -0.2) is 40.8 Å². The number of aryl methyl sites for hydroxylation is 1.